The molecule has 12 rings (SSSR count). The molecule has 16 atom stereocenters. The number of ketones is 1. The number of cyclic esters (lactones) is 1. The van der Waals surface area contributed by atoms with E-state index in [4.69, 9.17) is 83.0 Å². The van der Waals surface area contributed by atoms with Gasteiger partial charge in [0.05, 0.1) is 167 Å². The molecule has 0 spiro atoms. The Morgan fingerprint density at radius 3 is 2.09 bits per heavy atom. The number of rotatable bonds is 39. The lowest BCUT2D eigenvalue weighted by molar-refractivity contribution is -0.767. The third kappa shape index (κ3) is 27.4. The van der Waals surface area contributed by atoms with Crippen molar-refractivity contribution in [1.29, 1.82) is 0 Å². The van der Waals surface area contributed by atoms with Gasteiger partial charge in [0.15, 0.2) is 11.8 Å². The summed E-state index contributed by atoms with van der Waals surface area (Å²) in [6.07, 6.45) is 14.8. The number of aliphatic hydroxyl groups excluding tert-OH is 3. The number of piperidine rings is 1. The highest BCUT2D eigenvalue weighted by atomic mass is 16.7. The molecule has 0 radical (unpaired) electrons. The molecule has 36 nitrogen and oxygen atoms in total. The minimum atomic E-state index is -2.47. The van der Waals surface area contributed by atoms with E-state index in [0.29, 0.717) is 234 Å². The van der Waals surface area contributed by atoms with Gasteiger partial charge in [-0.1, -0.05) is 82.3 Å². The molecule has 5 aromatic heterocycles. The maximum absolute atomic E-state index is 14.8. The van der Waals surface area contributed by atoms with Crippen molar-refractivity contribution >= 4 is 63.0 Å². The van der Waals surface area contributed by atoms with Crippen LogP contribution in [0.4, 0.5) is 11.6 Å². The van der Waals surface area contributed by atoms with Crippen LogP contribution in [-0.2, 0) is 118 Å². The van der Waals surface area contributed by atoms with Crippen LogP contribution in [0.5, 0.6) is 0 Å². The smallest absolute Gasteiger partial charge is 0.329 e. The van der Waals surface area contributed by atoms with Crippen molar-refractivity contribution in [2.24, 2.45) is 35.5 Å². The number of methoxy groups -OCH3 is 3. The van der Waals surface area contributed by atoms with Crippen molar-refractivity contribution < 1.29 is 111 Å². The minimum Gasteiger partial charge on any atom is -0.460 e. The largest absolute Gasteiger partial charge is 0.460 e. The van der Waals surface area contributed by atoms with E-state index in [0.717, 1.165) is 46.2 Å². The number of aromatic nitrogens is 9. The summed E-state index contributed by atoms with van der Waals surface area (Å²) in [6, 6.07) is 8.99. The topological polar surface area (TPSA) is 443 Å². The zero-order valence-corrected chi connectivity index (χ0v) is 77.8. The Kier molecular flexibility index (Phi) is 38.5. The number of hydroxylamine groups is 1. The number of benzene rings is 1. The van der Waals surface area contributed by atoms with E-state index in [1.165, 1.54) is 16.8 Å². The van der Waals surface area contributed by atoms with Crippen LogP contribution in [0, 0.1) is 35.5 Å². The van der Waals surface area contributed by atoms with Crippen LogP contribution in [0.25, 0.3) is 33.3 Å². The van der Waals surface area contributed by atoms with Gasteiger partial charge >= 0.3 is 5.97 Å². The number of aliphatic hydroxyl groups is 4. The Bertz CT molecular complexity index is 4860. The van der Waals surface area contributed by atoms with Crippen LogP contribution < -0.4 is 11.5 Å². The van der Waals surface area contributed by atoms with Crippen molar-refractivity contribution in [3.63, 3.8) is 0 Å². The monoisotopic (exact) mass is 1830 g/mol. The van der Waals surface area contributed by atoms with Crippen molar-refractivity contribution in [3.05, 3.63) is 119 Å². The number of H-pyrrole nitrogens is 1. The zero-order chi connectivity index (χ0) is 93.1. The molecule has 36 heteroatoms. The summed E-state index contributed by atoms with van der Waals surface area (Å²) in [7, 11) is 4.72. The third-order valence-corrected chi connectivity index (χ3v) is 26.1. The molecule has 2 saturated heterocycles. The fourth-order valence-electron chi connectivity index (χ4n) is 18.5. The minimum absolute atomic E-state index is 0.000554. The number of esters is 1. The summed E-state index contributed by atoms with van der Waals surface area (Å²) in [4.78, 5) is 83.4. The molecular weight excluding hydrogens is 1690 g/mol. The van der Waals surface area contributed by atoms with Crippen LogP contribution in [0.15, 0.2) is 96.3 Å². The molecule has 5 aliphatic heterocycles. The summed E-state index contributed by atoms with van der Waals surface area (Å²) in [5.74, 6) is -6.19. The third-order valence-electron chi connectivity index (χ3n) is 26.1. The number of fused-ring (bicyclic) bond motifs is 7. The predicted molar refractivity (Wildman–Crippen MR) is 485 cm³/mol. The van der Waals surface area contributed by atoms with E-state index in [-0.39, 0.29) is 74.5 Å². The lowest BCUT2D eigenvalue weighted by atomic mass is 9.78. The predicted octanol–water partition coefficient (Wildman–Crippen LogP) is 7.92. The second-order valence-corrected chi connectivity index (χ2v) is 35.7. The summed E-state index contributed by atoms with van der Waals surface area (Å²) in [6.45, 7) is 21.7. The Labute approximate surface area is 766 Å². The number of ether oxygens (including phenoxy) is 13. The number of Topliss-reactive ketones (excluding diaryl/α,β-unsaturated/α-hetero) is 1. The highest BCUT2D eigenvalue weighted by Gasteiger charge is 2.54. The van der Waals surface area contributed by atoms with Gasteiger partial charge in [-0.05, 0) is 136 Å². The molecule has 1 saturated carbocycles. The van der Waals surface area contributed by atoms with Gasteiger partial charge < -0.3 is 108 Å². The average Bonchev–Trinajstić information content (AvgIpc) is 1.50. The highest BCUT2D eigenvalue weighted by molar-refractivity contribution is 6.39. The summed E-state index contributed by atoms with van der Waals surface area (Å²) >= 11 is 0. The molecule has 9 N–H and O–H groups in total. The second kappa shape index (κ2) is 49.9. The number of nitrogens with zero attached hydrogens (tertiary/aromatic N) is 11. The van der Waals surface area contributed by atoms with Crippen LogP contribution in [0.2, 0.25) is 0 Å². The van der Waals surface area contributed by atoms with Gasteiger partial charge in [0.1, 0.15) is 53.2 Å². The van der Waals surface area contributed by atoms with Crippen molar-refractivity contribution in [2.45, 2.75) is 225 Å². The highest BCUT2D eigenvalue weighted by Crippen LogP contribution is 2.41. The van der Waals surface area contributed by atoms with Crippen molar-refractivity contribution in [2.75, 3.05) is 152 Å². The molecule has 1 aromatic carbocycles. The van der Waals surface area contributed by atoms with Gasteiger partial charge in [0.25, 0.3) is 11.7 Å². The van der Waals surface area contributed by atoms with Gasteiger partial charge in [-0.25, -0.2) is 29.1 Å². The Hall–Kier alpha value is -8.93. The number of hydrogen-bond acceptors (Lipinski definition) is 30. The molecule has 131 heavy (non-hydrogen) atoms. The number of pyridine rings is 1. The van der Waals surface area contributed by atoms with Crippen LogP contribution in [-0.4, -0.2) is 310 Å². The molecule has 4 bridgehead atoms. The molecule has 6 aliphatic rings. The number of aromatic amines is 1. The van der Waals surface area contributed by atoms with Crippen LogP contribution >= 0.6 is 0 Å². The molecule has 6 aromatic rings. The number of anilines is 2. The van der Waals surface area contributed by atoms with E-state index >= 15 is 0 Å². The summed E-state index contributed by atoms with van der Waals surface area (Å²) < 4.78 is 81.7. The van der Waals surface area contributed by atoms with Gasteiger partial charge in [-0.3, -0.25) is 19.2 Å². The fraction of sp³-hybridized carbons (Fsp3) is 0.653. The van der Waals surface area contributed by atoms with E-state index < -0.39 is 84.1 Å². The lowest BCUT2D eigenvalue weighted by Gasteiger charge is -2.42. The number of nitrogens with two attached hydrogens (primary N) is 2. The molecule has 10 heterocycles. The molecule has 1 aliphatic carbocycles. The standard InChI is InChI=1S/C95H139N14O22/c1-60-15-11-12-16-75-61(2)45-64(5)86(88(120-10)87(113)65(6)46-62(3)78(111)53-80(63(4)47-67-20-23-77(110)81(49-67)119-9)130-94(116)76-17-13-14-26-107(76)93(115)89(114)95(117)66(7)18-22-74(131-95)52-79(60)118-8)109(75)129-58-73-57-106(104-102-73)28-30-122-32-34-124-36-38-126-40-42-128-44-43-127-41-39-125-37-35-123-33-31-121-29-25-83(112)105-27-24-69-48-68(19-21-70(69)56-105)55-108-92-84(90(97)99-59-100-92)85(103-108)72-50-71-51-82(96)101-91(71)98-54-72/h11-12,15-16,19,21,46,48,50-51,54,57,59,61-64,66-67,74,76-81,87-88,110-111,113,117H,13-14,17-18,20,22-45,47,49,52-53,55-56,58,96H2,1-10H3,(H,98,101)(H2,97,99,100)/q+1/b12-11+,60-15+,65-46+,75-16-/t61-,62+,63+,64+,66+,67-,74-,76-,77+,78+,79-,80-,81+,87+,88-,95+/m0/s1. The number of nitrogen functional groups attached to an aromatic ring is 2. The molecule has 3 fully saturated rings. The van der Waals surface area contributed by atoms with Crippen molar-refractivity contribution in [3.8, 4) is 11.3 Å². The van der Waals surface area contributed by atoms with Gasteiger partial charge in [0, 0.05) is 105 Å². The lowest BCUT2D eigenvalue weighted by Crippen LogP contribution is -2.61. The van der Waals surface area contributed by atoms with Gasteiger partial charge in [-0.2, -0.15) is 5.10 Å². The van der Waals surface area contributed by atoms with E-state index in [2.05, 4.69) is 62.3 Å². The summed E-state index contributed by atoms with van der Waals surface area (Å²) in [5, 5.41) is 63.1. The number of hydrogen-bond donors (Lipinski definition) is 7. The Balaban J connectivity index is 0.531. The maximum Gasteiger partial charge on any atom is 0.329 e. The normalized spacial score (nSPS) is 27.6. The number of amides is 2. The Morgan fingerprint density at radius 2 is 1.40 bits per heavy atom. The van der Waals surface area contributed by atoms with E-state index in [1.54, 1.807) is 57.0 Å². The zero-order valence-electron chi connectivity index (χ0n) is 77.8. The number of carbonyl (C=O) groups excluding carboxylic acids is 4. The molecule has 2 amide bonds. The first kappa shape index (κ1) is 101. The second-order valence-electron chi connectivity index (χ2n) is 35.7. The first-order chi connectivity index (χ1) is 63.3. The molecule has 720 valence electrons. The SMILES string of the molecule is CO[C@H]1C[C@@H]2CC[C@@H](C)[C@@](O)(O2)C(=O)C(=O)N2CCCC[C@H]2C(=O)O[C@H]([C@H](C)C[C@@H]2CC[C@@H](O)[C@H](OC)C2)C[C@@H](O)[C@H](C)/C=C(\C)[C@@H](O)[C@@H](OC)C2=[N+](OCc3cn(CCOCCOCCOCCOCCOCCOCCOCCOCCC(=O)N4CCc5cc(Cn6nc(-c7cnc8[nH]c(N)cc8c7)c7c(N)ncnc76)ccc5C4)nn3)\C(=C/C=C/C=C/1C)[C@@H](C)C[C@H]2C. The van der Waals surface area contributed by atoms with E-state index in [9.17, 15) is 39.6 Å². The van der Waals surface area contributed by atoms with Crippen LogP contribution in [0.3, 0.4) is 0 Å². The Morgan fingerprint density at radius 1 is 0.718 bits per heavy atom. The van der Waals surface area contributed by atoms with Crippen molar-refractivity contribution in [1.82, 2.24) is 54.5 Å². The first-order valence-electron chi connectivity index (χ1n) is 46.6. The van der Waals surface area contributed by atoms with Gasteiger partial charge in [-0.15, -0.1) is 5.10 Å². The van der Waals surface area contributed by atoms with Crippen LogP contribution in [0.1, 0.15) is 154 Å². The summed E-state index contributed by atoms with van der Waals surface area (Å²) in [5.41, 5.74) is 21.8. The maximum atomic E-state index is 14.8. The molecular formula is C95H139N14O22+. The quantitative estimate of drug-likeness (QED) is 0.00633. The fourth-order valence-corrected chi connectivity index (χ4v) is 18.5. The van der Waals surface area contributed by atoms with E-state index in [1.807, 2.05) is 72.9 Å². The molecule has 0 unspecified atom stereocenters. The van der Waals surface area contributed by atoms with Gasteiger partial charge in [0.2, 0.25) is 29.7 Å². The number of allylic oxidation sites excluding steroid dienone is 5. The number of nitrogens with one attached hydrogen (secondary N) is 1. The number of carbonyl (C=O) groups is 4. The first-order valence-corrected chi connectivity index (χ1v) is 46.6. The average molecular weight is 1830 g/mol.